The Morgan fingerprint density at radius 3 is 2.77 bits per heavy atom. The summed E-state index contributed by atoms with van der Waals surface area (Å²) in [6.07, 6.45) is 1.77. The monoisotopic (exact) mass is 317 g/mol. The van der Waals surface area contributed by atoms with Crippen LogP contribution in [0.1, 0.15) is 29.5 Å². The van der Waals surface area contributed by atoms with Crippen LogP contribution in [0.25, 0.3) is 4.96 Å². The summed E-state index contributed by atoms with van der Waals surface area (Å²) < 4.78 is 6.75. The number of carbonyl (C=O) groups is 1. The smallest absolute Gasteiger partial charge is 0.257 e. The molecule has 0 atom stereocenters. The molecule has 0 fully saturated rings. The minimum atomic E-state index is -0.218. The maximum absolute atomic E-state index is 12.2. The Labute approximate surface area is 130 Å². The van der Waals surface area contributed by atoms with Crippen LogP contribution in [0, 0.1) is 0 Å². The Bertz CT molecular complexity index is 793. The van der Waals surface area contributed by atoms with Gasteiger partial charge in [-0.2, -0.15) is 4.52 Å². The molecular weight excluding hydrogens is 302 g/mol. The van der Waals surface area contributed by atoms with Crippen molar-refractivity contribution in [2.45, 2.75) is 19.8 Å². The number of aryl methyl sites for hydroxylation is 1. The Morgan fingerprint density at radius 2 is 2.09 bits per heavy atom. The van der Waals surface area contributed by atoms with E-state index in [4.69, 9.17) is 4.74 Å². The first-order valence-corrected chi connectivity index (χ1v) is 7.69. The highest BCUT2D eigenvalue weighted by Gasteiger charge is 2.13. The normalized spacial score (nSPS) is 10.8. The van der Waals surface area contributed by atoms with Gasteiger partial charge in [-0.25, -0.2) is 0 Å². The first-order chi connectivity index (χ1) is 10.7. The van der Waals surface area contributed by atoms with Gasteiger partial charge in [0.05, 0.1) is 7.11 Å². The van der Waals surface area contributed by atoms with Crippen molar-refractivity contribution in [1.29, 1.82) is 0 Å². The number of benzene rings is 1. The number of hydrogen-bond acceptors (Lipinski definition) is 6. The number of amides is 1. The van der Waals surface area contributed by atoms with E-state index in [2.05, 4.69) is 27.5 Å². The summed E-state index contributed by atoms with van der Waals surface area (Å²) in [4.78, 5) is 12.9. The fourth-order valence-electron chi connectivity index (χ4n) is 2.00. The van der Waals surface area contributed by atoms with Crippen LogP contribution in [0.5, 0.6) is 5.75 Å². The molecule has 1 N–H and O–H groups in total. The zero-order valence-corrected chi connectivity index (χ0v) is 13.1. The van der Waals surface area contributed by atoms with Gasteiger partial charge < -0.3 is 4.74 Å². The van der Waals surface area contributed by atoms with Crippen molar-refractivity contribution in [3.05, 3.63) is 35.7 Å². The lowest BCUT2D eigenvalue weighted by Gasteiger charge is -2.03. The second kappa shape index (κ2) is 6.10. The highest BCUT2D eigenvalue weighted by Crippen LogP contribution is 2.20. The molecule has 0 aliphatic rings. The standard InChI is InChI=1S/C14H15N5O2S/c1-3-4-11-16-17-14-19(11)18-13(22-14)15-12(20)9-5-7-10(21-2)8-6-9/h5-8H,3-4H2,1-2H3,(H,15,18,20). The zero-order valence-electron chi connectivity index (χ0n) is 12.2. The fourth-order valence-corrected chi connectivity index (χ4v) is 2.75. The van der Waals surface area contributed by atoms with E-state index in [1.807, 2.05) is 0 Å². The number of methoxy groups -OCH3 is 1. The third kappa shape index (κ3) is 2.77. The maximum atomic E-state index is 12.2. The summed E-state index contributed by atoms with van der Waals surface area (Å²) in [6.45, 7) is 2.07. The number of hydrogen-bond donors (Lipinski definition) is 1. The lowest BCUT2D eigenvalue weighted by atomic mass is 10.2. The van der Waals surface area contributed by atoms with E-state index in [1.165, 1.54) is 11.3 Å². The molecule has 0 spiro atoms. The maximum Gasteiger partial charge on any atom is 0.257 e. The molecule has 0 saturated heterocycles. The molecule has 7 nitrogen and oxygen atoms in total. The van der Waals surface area contributed by atoms with Crippen LogP contribution in [-0.2, 0) is 6.42 Å². The van der Waals surface area contributed by atoms with E-state index < -0.39 is 0 Å². The average Bonchev–Trinajstić information content (AvgIpc) is 3.09. The van der Waals surface area contributed by atoms with E-state index in [1.54, 1.807) is 35.9 Å². The highest BCUT2D eigenvalue weighted by molar-refractivity contribution is 7.20. The van der Waals surface area contributed by atoms with E-state index in [9.17, 15) is 4.79 Å². The number of nitrogens with zero attached hydrogens (tertiary/aromatic N) is 4. The molecule has 0 radical (unpaired) electrons. The molecule has 3 aromatic rings. The van der Waals surface area contributed by atoms with Crippen molar-refractivity contribution < 1.29 is 9.53 Å². The van der Waals surface area contributed by atoms with Gasteiger partial charge in [-0.05, 0) is 30.7 Å². The van der Waals surface area contributed by atoms with Crippen molar-refractivity contribution in [3.63, 3.8) is 0 Å². The zero-order chi connectivity index (χ0) is 15.5. The minimum Gasteiger partial charge on any atom is -0.497 e. The lowest BCUT2D eigenvalue weighted by Crippen LogP contribution is -2.12. The third-order valence-electron chi connectivity index (χ3n) is 3.10. The minimum absolute atomic E-state index is 0.218. The van der Waals surface area contributed by atoms with Crippen LogP contribution >= 0.6 is 11.3 Å². The molecular formula is C14H15N5O2S. The van der Waals surface area contributed by atoms with Gasteiger partial charge in [0, 0.05) is 12.0 Å². The number of nitrogens with one attached hydrogen (secondary N) is 1. The summed E-state index contributed by atoms with van der Waals surface area (Å²) in [5, 5.41) is 15.8. The van der Waals surface area contributed by atoms with Crippen LogP contribution < -0.4 is 10.1 Å². The van der Waals surface area contributed by atoms with Crippen molar-refractivity contribution in [3.8, 4) is 5.75 Å². The van der Waals surface area contributed by atoms with Crippen LogP contribution in [0.2, 0.25) is 0 Å². The molecule has 0 unspecified atom stereocenters. The Balaban J connectivity index is 1.78. The van der Waals surface area contributed by atoms with Crippen molar-refractivity contribution in [1.82, 2.24) is 19.8 Å². The summed E-state index contributed by atoms with van der Waals surface area (Å²) in [6, 6.07) is 6.90. The fraction of sp³-hybridized carbons (Fsp3) is 0.286. The van der Waals surface area contributed by atoms with E-state index >= 15 is 0 Å². The van der Waals surface area contributed by atoms with E-state index in [-0.39, 0.29) is 5.91 Å². The van der Waals surface area contributed by atoms with Gasteiger partial charge in [0.15, 0.2) is 5.82 Å². The number of rotatable bonds is 5. The Hall–Kier alpha value is -2.48. The van der Waals surface area contributed by atoms with Gasteiger partial charge in [0.2, 0.25) is 10.1 Å². The number of carbonyl (C=O) groups excluding carboxylic acids is 1. The molecule has 0 saturated carbocycles. The molecule has 3 rings (SSSR count). The molecule has 22 heavy (non-hydrogen) atoms. The van der Waals surface area contributed by atoms with Gasteiger partial charge in [-0.3, -0.25) is 10.1 Å². The number of anilines is 1. The number of fused-ring (bicyclic) bond motifs is 1. The number of aromatic nitrogens is 4. The molecule has 1 amide bonds. The van der Waals surface area contributed by atoms with Crippen molar-refractivity contribution in [2.75, 3.05) is 12.4 Å². The van der Waals surface area contributed by atoms with Gasteiger partial charge in [0.1, 0.15) is 5.75 Å². The predicted molar refractivity (Wildman–Crippen MR) is 83.6 cm³/mol. The van der Waals surface area contributed by atoms with Gasteiger partial charge in [-0.1, -0.05) is 18.3 Å². The summed E-state index contributed by atoms with van der Waals surface area (Å²) in [5.74, 6) is 1.29. The van der Waals surface area contributed by atoms with Gasteiger partial charge >= 0.3 is 0 Å². The molecule has 2 aromatic heterocycles. The second-order valence-corrected chi connectivity index (χ2v) is 5.61. The largest absolute Gasteiger partial charge is 0.497 e. The molecule has 0 aliphatic heterocycles. The second-order valence-electron chi connectivity index (χ2n) is 4.65. The van der Waals surface area contributed by atoms with Crippen LogP contribution in [0.15, 0.2) is 24.3 Å². The predicted octanol–water partition coefficient (Wildman–Crippen LogP) is 2.40. The number of ether oxygens (including phenoxy) is 1. The summed E-state index contributed by atoms with van der Waals surface area (Å²) in [7, 11) is 1.59. The van der Waals surface area contributed by atoms with Crippen molar-refractivity contribution >= 4 is 27.3 Å². The molecule has 1 aromatic carbocycles. The molecule has 0 aliphatic carbocycles. The molecule has 114 valence electrons. The van der Waals surface area contributed by atoms with E-state index in [0.717, 1.165) is 18.7 Å². The van der Waals surface area contributed by atoms with Crippen LogP contribution in [0.4, 0.5) is 5.13 Å². The first-order valence-electron chi connectivity index (χ1n) is 6.87. The molecule has 0 bridgehead atoms. The topological polar surface area (TPSA) is 81.4 Å². The van der Waals surface area contributed by atoms with Crippen LogP contribution in [0.3, 0.4) is 0 Å². The lowest BCUT2D eigenvalue weighted by molar-refractivity contribution is 0.102. The van der Waals surface area contributed by atoms with Gasteiger partial charge in [-0.15, -0.1) is 15.3 Å². The highest BCUT2D eigenvalue weighted by atomic mass is 32.1. The van der Waals surface area contributed by atoms with Crippen LogP contribution in [-0.4, -0.2) is 32.8 Å². The average molecular weight is 317 g/mol. The Morgan fingerprint density at radius 1 is 1.32 bits per heavy atom. The van der Waals surface area contributed by atoms with E-state index in [0.29, 0.717) is 21.4 Å². The first kappa shape index (κ1) is 14.5. The third-order valence-corrected chi connectivity index (χ3v) is 3.92. The summed E-state index contributed by atoms with van der Waals surface area (Å²) in [5.41, 5.74) is 0.542. The molecule has 8 heteroatoms. The Kier molecular flexibility index (Phi) is 4.01. The van der Waals surface area contributed by atoms with Gasteiger partial charge in [0.25, 0.3) is 5.91 Å². The quantitative estimate of drug-likeness (QED) is 0.781. The SMILES string of the molecule is CCCc1nnc2sc(NC(=O)c3ccc(OC)cc3)nn12. The summed E-state index contributed by atoms with van der Waals surface area (Å²) >= 11 is 1.30. The van der Waals surface area contributed by atoms with Crippen molar-refractivity contribution in [2.24, 2.45) is 0 Å². The molecule has 2 heterocycles.